The minimum absolute atomic E-state index is 0.0214. The molecule has 0 radical (unpaired) electrons. The molecule has 0 aliphatic carbocycles. The maximum absolute atomic E-state index is 10.8. The Balaban J connectivity index is 2.23. The number of rotatable bonds is 11. The Morgan fingerprint density at radius 2 is 2.00 bits per heavy atom. The highest BCUT2D eigenvalue weighted by Crippen LogP contribution is 2.21. The largest absolute Gasteiger partial charge is 0.378 e. The molecule has 0 unspecified atom stereocenters. The second-order valence-electron chi connectivity index (χ2n) is 5.43. The highest BCUT2D eigenvalue weighted by Gasteiger charge is 2.03. The van der Waals surface area contributed by atoms with E-state index in [1.54, 1.807) is 0 Å². The van der Waals surface area contributed by atoms with E-state index in [-0.39, 0.29) is 5.75 Å². The van der Waals surface area contributed by atoms with Gasteiger partial charge >= 0.3 is 0 Å². The lowest BCUT2D eigenvalue weighted by Gasteiger charge is -2.11. The first kappa shape index (κ1) is 21.7. The molecule has 6 nitrogen and oxygen atoms in total. The summed E-state index contributed by atoms with van der Waals surface area (Å²) in [5, 5.41) is 12.7. The lowest BCUT2D eigenvalue weighted by molar-refractivity contribution is -0.587. The third-order valence-corrected chi connectivity index (χ3v) is 4.96. The van der Waals surface area contributed by atoms with Crippen molar-refractivity contribution in [3.05, 3.63) is 47.5 Å². The van der Waals surface area contributed by atoms with E-state index in [0.29, 0.717) is 11.4 Å². The summed E-state index contributed by atoms with van der Waals surface area (Å²) in [4.78, 5) is 2.02. The van der Waals surface area contributed by atoms with Crippen LogP contribution in [0.15, 0.2) is 57.7 Å². The molecule has 0 fully saturated rings. The summed E-state index contributed by atoms with van der Waals surface area (Å²) in [5.41, 5.74) is 1.88. The number of azo groups is 1. The van der Waals surface area contributed by atoms with Gasteiger partial charge in [0.2, 0.25) is 9.05 Å². The van der Waals surface area contributed by atoms with Gasteiger partial charge in [0, 0.05) is 35.9 Å². The monoisotopic (exact) mass is 403 g/mol. The Bertz CT molecular complexity index is 701. The van der Waals surface area contributed by atoms with E-state index in [0.717, 1.165) is 24.3 Å². The van der Waals surface area contributed by atoms with Gasteiger partial charge in [-0.25, -0.2) is 8.42 Å². The Labute approximate surface area is 158 Å². The molecule has 0 aromatic heterocycles. The van der Waals surface area contributed by atoms with Crippen LogP contribution in [0.2, 0.25) is 0 Å². The van der Waals surface area contributed by atoms with Gasteiger partial charge in [0.1, 0.15) is 5.03 Å². The molecule has 0 atom stereocenters. The number of unbranched alkanes of at least 4 members (excludes halogenated alkanes) is 1. The van der Waals surface area contributed by atoms with E-state index in [4.69, 9.17) is 10.7 Å². The number of benzene rings is 1. The molecule has 0 aliphatic heterocycles. The lowest BCUT2D eigenvalue weighted by atomic mass is 10.3. The maximum Gasteiger partial charge on any atom is 0.232 e. The number of thioether (sulfide) groups is 1. The highest BCUT2D eigenvalue weighted by molar-refractivity contribution is 8.13. The minimum atomic E-state index is -3.37. The highest BCUT2D eigenvalue weighted by atomic mass is 35.7. The summed E-state index contributed by atoms with van der Waals surface area (Å²) >= 11 is 1.38. The van der Waals surface area contributed by atoms with Crippen LogP contribution in [-0.4, -0.2) is 34.8 Å². The molecule has 1 rings (SSSR count). The summed E-state index contributed by atoms with van der Waals surface area (Å²) in [6.45, 7) is 4.64. The van der Waals surface area contributed by atoms with Crippen LogP contribution < -0.4 is 10.2 Å². The molecule has 9 heteroatoms. The zero-order valence-corrected chi connectivity index (χ0v) is 16.8. The molecule has 0 aliphatic rings. The van der Waals surface area contributed by atoms with Crippen LogP contribution in [0.5, 0.6) is 0 Å². The van der Waals surface area contributed by atoms with Crippen LogP contribution in [0.1, 0.15) is 12.8 Å². The first-order chi connectivity index (χ1) is 11.8. The van der Waals surface area contributed by atoms with Crippen LogP contribution >= 0.6 is 22.4 Å². The lowest BCUT2D eigenvalue weighted by Crippen LogP contribution is -2.77. The third-order valence-electron chi connectivity index (χ3n) is 3.07. The van der Waals surface area contributed by atoms with Crippen molar-refractivity contribution in [2.75, 3.05) is 31.3 Å². The van der Waals surface area contributed by atoms with Gasteiger partial charge in [0.25, 0.3) is 0 Å². The van der Waals surface area contributed by atoms with Crippen LogP contribution in [0, 0.1) is 0 Å². The van der Waals surface area contributed by atoms with Crippen molar-refractivity contribution in [3.8, 4) is 0 Å². The quantitative estimate of drug-likeness (QED) is 0.349. The average Bonchev–Trinajstić information content (AvgIpc) is 2.54. The molecule has 0 saturated heterocycles. The van der Waals surface area contributed by atoms with Crippen molar-refractivity contribution < 1.29 is 13.7 Å². The minimum Gasteiger partial charge on any atom is -0.378 e. The predicted octanol–water partition coefficient (Wildman–Crippen LogP) is 3.42. The Morgan fingerprint density at radius 1 is 1.32 bits per heavy atom. The number of anilines is 1. The first-order valence-electron chi connectivity index (χ1n) is 7.73. The normalized spacial score (nSPS) is 12.1. The van der Waals surface area contributed by atoms with Crippen LogP contribution in [0.3, 0.4) is 0 Å². The van der Waals surface area contributed by atoms with Crippen molar-refractivity contribution in [1.29, 1.82) is 0 Å². The molecule has 1 aromatic carbocycles. The maximum atomic E-state index is 10.8. The molecular formula is C16H24ClN4O2S2+. The number of halogens is 1. The van der Waals surface area contributed by atoms with Gasteiger partial charge < -0.3 is 10.2 Å². The summed E-state index contributed by atoms with van der Waals surface area (Å²) in [6.07, 6.45) is 3.24. The van der Waals surface area contributed by atoms with E-state index in [2.05, 4.69) is 16.8 Å². The smallest absolute Gasteiger partial charge is 0.232 e. The molecule has 2 N–H and O–H groups in total. The van der Waals surface area contributed by atoms with E-state index in [1.807, 2.05) is 60.2 Å². The van der Waals surface area contributed by atoms with Crippen molar-refractivity contribution in [3.63, 3.8) is 0 Å². The molecule has 1 aromatic rings. The Kier molecular flexibility index (Phi) is 9.81. The molecule has 138 valence electrons. The molecular weight excluding hydrogens is 380 g/mol. The van der Waals surface area contributed by atoms with Gasteiger partial charge in [0.05, 0.1) is 24.2 Å². The zero-order valence-electron chi connectivity index (χ0n) is 14.4. The zero-order chi connectivity index (χ0) is 18.7. The fraction of sp³-hybridized carbons (Fsp3) is 0.375. The second kappa shape index (κ2) is 11.3. The number of hydrogen-bond acceptors (Lipinski definition) is 6. The first-order valence-corrected chi connectivity index (χ1v) is 11.1. The molecule has 0 bridgehead atoms. The second-order valence-corrected chi connectivity index (χ2v) is 9.30. The van der Waals surface area contributed by atoms with Gasteiger partial charge in [-0.05, 0) is 37.1 Å². The van der Waals surface area contributed by atoms with Gasteiger partial charge in [-0.2, -0.15) is 5.11 Å². The number of hydrogen-bond donors (Lipinski definition) is 1. The van der Waals surface area contributed by atoms with Crippen molar-refractivity contribution in [2.24, 2.45) is 10.2 Å². The number of quaternary nitrogens is 1. The van der Waals surface area contributed by atoms with Gasteiger partial charge in [-0.3, -0.25) is 0 Å². The van der Waals surface area contributed by atoms with Gasteiger partial charge in [-0.15, -0.1) is 5.11 Å². The summed E-state index contributed by atoms with van der Waals surface area (Å²) in [5.74, 6) is 0.0214. The summed E-state index contributed by atoms with van der Waals surface area (Å²) in [6, 6.07) is 7.77. The van der Waals surface area contributed by atoms with Crippen molar-refractivity contribution in [2.45, 2.75) is 12.8 Å². The van der Waals surface area contributed by atoms with Crippen molar-refractivity contribution in [1.82, 2.24) is 0 Å². The molecule has 0 heterocycles. The SMILES string of the molecule is C=C(N=Nc1ccc(N(C)C)cc1)SC=C[NH2+]CCCCS(=O)(=O)Cl. The molecule has 25 heavy (non-hydrogen) atoms. The predicted molar refractivity (Wildman–Crippen MR) is 107 cm³/mol. The number of nitrogens with two attached hydrogens (primary N) is 1. The average molecular weight is 404 g/mol. The number of nitrogens with zero attached hydrogens (tertiary/aromatic N) is 3. The topological polar surface area (TPSA) is 78.7 Å². The fourth-order valence-electron chi connectivity index (χ4n) is 1.76. The van der Waals surface area contributed by atoms with E-state index >= 15 is 0 Å². The molecule has 0 saturated carbocycles. The van der Waals surface area contributed by atoms with E-state index < -0.39 is 9.05 Å². The van der Waals surface area contributed by atoms with Crippen LogP contribution in [0.4, 0.5) is 11.4 Å². The van der Waals surface area contributed by atoms with Crippen LogP contribution in [-0.2, 0) is 9.05 Å². The van der Waals surface area contributed by atoms with Crippen molar-refractivity contribution >= 4 is 42.9 Å². The van der Waals surface area contributed by atoms with Gasteiger partial charge in [0.15, 0.2) is 0 Å². The molecule has 0 spiro atoms. The Morgan fingerprint density at radius 3 is 2.60 bits per heavy atom. The van der Waals surface area contributed by atoms with Gasteiger partial charge in [-0.1, -0.05) is 18.3 Å². The van der Waals surface area contributed by atoms with E-state index in [9.17, 15) is 8.42 Å². The standard InChI is InChI=1S/C16H23ClN4O2S2/c1-14(19-20-15-6-8-16(9-7-15)21(2)3)24-12-11-18-10-4-5-13-25(17,22)23/h6-9,11-12,18H,1,4-5,10,13H2,2-3H3/p+1. The van der Waals surface area contributed by atoms with Crippen LogP contribution in [0.25, 0.3) is 0 Å². The molecule has 0 amide bonds. The summed E-state index contributed by atoms with van der Waals surface area (Å²) < 4.78 is 21.5. The van der Waals surface area contributed by atoms with E-state index in [1.165, 1.54) is 11.8 Å². The third kappa shape index (κ3) is 11.0. The fourth-order valence-corrected chi connectivity index (χ4v) is 3.07. The Hall–Kier alpha value is -1.35. The summed E-state index contributed by atoms with van der Waals surface area (Å²) in [7, 11) is 5.74.